The Hall–Kier alpha value is -4.38. The zero-order valence-corrected chi connectivity index (χ0v) is 19.0. The molecule has 0 fully saturated rings. The molecule has 0 saturated carbocycles. The van der Waals surface area contributed by atoms with Gasteiger partial charge in [0.05, 0.1) is 9.79 Å². The molecule has 10 heteroatoms. The Bertz CT molecular complexity index is 1470. The van der Waals surface area contributed by atoms with Crippen LogP contribution in [-0.4, -0.2) is 27.0 Å². The maximum Gasteiger partial charge on any atom is 0.216 e. The molecule has 0 radical (unpaired) electrons. The lowest BCUT2D eigenvalue weighted by molar-refractivity contribution is 0.458. The summed E-state index contributed by atoms with van der Waals surface area (Å²) in [5.74, 6) is -1.09. The van der Waals surface area contributed by atoms with Crippen molar-refractivity contribution in [1.82, 2.24) is 0 Å². The number of phenolic OH excluding ortho intramolecular Hbond substituents is 2. The number of nitrogens with zero attached hydrogens (tertiary/aromatic N) is 2. The normalized spacial score (nSPS) is 12.5. The average Bonchev–Trinajstić information content (AvgIpc) is 2.84. The number of hydrogen-bond donors (Lipinski definition) is 2. The molecule has 0 aliphatic carbocycles. The van der Waals surface area contributed by atoms with E-state index in [1.54, 1.807) is 24.3 Å². The van der Waals surface area contributed by atoms with Gasteiger partial charge in [-0.05, 0) is 48.6 Å². The summed E-state index contributed by atoms with van der Waals surface area (Å²) >= 11 is 0. The van der Waals surface area contributed by atoms with Crippen LogP contribution >= 0.6 is 0 Å². The van der Waals surface area contributed by atoms with Crippen molar-refractivity contribution in [2.45, 2.75) is 9.79 Å². The molecule has 8 nitrogen and oxygen atoms in total. The average molecular weight is 493 g/mol. The van der Waals surface area contributed by atoms with Gasteiger partial charge in [0.2, 0.25) is 19.7 Å². The Balaban J connectivity index is 2.08. The monoisotopic (exact) mass is 492 g/mol. The van der Waals surface area contributed by atoms with Crippen molar-refractivity contribution in [2.75, 3.05) is 0 Å². The van der Waals surface area contributed by atoms with Crippen molar-refractivity contribution < 1.29 is 27.0 Å². The van der Waals surface area contributed by atoms with Crippen molar-refractivity contribution in [2.24, 2.45) is 0 Å². The fourth-order valence-electron chi connectivity index (χ4n) is 2.92. The van der Waals surface area contributed by atoms with Gasteiger partial charge in [-0.15, -0.1) is 0 Å². The van der Waals surface area contributed by atoms with E-state index in [-0.39, 0.29) is 20.9 Å². The van der Waals surface area contributed by atoms with Gasteiger partial charge in [-0.3, -0.25) is 0 Å². The Morgan fingerprint density at radius 1 is 0.647 bits per heavy atom. The molecular formula is C24H16N2O6S2. The Morgan fingerprint density at radius 2 is 0.971 bits per heavy atom. The summed E-state index contributed by atoms with van der Waals surface area (Å²) in [5.41, 5.74) is -0.398. The number of aromatic hydroxyl groups is 2. The van der Waals surface area contributed by atoms with Crippen LogP contribution in [0.2, 0.25) is 0 Å². The van der Waals surface area contributed by atoms with E-state index in [0.717, 1.165) is 24.3 Å². The minimum absolute atomic E-state index is 0.129. The molecule has 0 atom stereocenters. The van der Waals surface area contributed by atoms with E-state index in [1.807, 2.05) is 0 Å². The number of rotatable bonds is 6. The molecule has 0 unspecified atom stereocenters. The minimum Gasteiger partial charge on any atom is -0.507 e. The summed E-state index contributed by atoms with van der Waals surface area (Å²) < 4.78 is 50.9. The third kappa shape index (κ3) is 4.84. The highest BCUT2D eigenvalue weighted by atomic mass is 32.2. The summed E-state index contributed by atoms with van der Waals surface area (Å²) in [6.07, 6.45) is 1.77. The second kappa shape index (κ2) is 9.63. The van der Waals surface area contributed by atoms with Crippen molar-refractivity contribution in [3.63, 3.8) is 0 Å². The highest BCUT2D eigenvalue weighted by molar-refractivity contribution is 7.96. The van der Waals surface area contributed by atoms with Crippen LogP contribution in [0.15, 0.2) is 92.4 Å². The van der Waals surface area contributed by atoms with Crippen LogP contribution in [0.1, 0.15) is 11.1 Å². The predicted molar refractivity (Wildman–Crippen MR) is 124 cm³/mol. The summed E-state index contributed by atoms with van der Waals surface area (Å²) in [6, 6.07) is 19.5. The predicted octanol–water partition coefficient (Wildman–Crippen LogP) is 3.77. The third-order valence-corrected chi connectivity index (χ3v) is 8.02. The second-order valence-corrected chi connectivity index (χ2v) is 10.7. The molecule has 2 N–H and O–H groups in total. The standard InChI is InChI=1S/C24H16N2O6S2/c25-15-21(33(29,30)19-7-3-1-4-8-19)11-17-13-24(28)18(14-23(17)27)12-22(16-26)34(31,32)20-9-5-2-6-10-20/h1-14,27-28H. The van der Waals surface area contributed by atoms with Gasteiger partial charge in [0.1, 0.15) is 33.4 Å². The Morgan fingerprint density at radius 3 is 1.26 bits per heavy atom. The molecule has 0 aromatic heterocycles. The van der Waals surface area contributed by atoms with E-state index in [9.17, 15) is 37.6 Å². The molecule has 34 heavy (non-hydrogen) atoms. The second-order valence-electron chi connectivity index (χ2n) is 6.84. The fraction of sp³-hybridized carbons (Fsp3) is 0. The van der Waals surface area contributed by atoms with Crippen LogP contribution in [0.4, 0.5) is 0 Å². The number of nitriles is 2. The molecule has 3 aromatic carbocycles. The van der Waals surface area contributed by atoms with Crippen LogP contribution in [0.25, 0.3) is 12.2 Å². The fourth-order valence-corrected chi connectivity index (χ4v) is 5.26. The lowest BCUT2D eigenvalue weighted by Gasteiger charge is -2.08. The molecule has 0 bridgehead atoms. The highest BCUT2D eigenvalue weighted by Gasteiger charge is 2.23. The smallest absolute Gasteiger partial charge is 0.216 e. The van der Waals surface area contributed by atoms with Gasteiger partial charge in [-0.1, -0.05) is 36.4 Å². The first-order valence-electron chi connectivity index (χ1n) is 9.51. The zero-order chi connectivity index (χ0) is 24.9. The van der Waals surface area contributed by atoms with Gasteiger partial charge < -0.3 is 10.2 Å². The molecular weight excluding hydrogens is 476 g/mol. The maximum atomic E-state index is 12.7. The van der Waals surface area contributed by atoms with Gasteiger partial charge in [0.25, 0.3) is 0 Å². The van der Waals surface area contributed by atoms with E-state index in [0.29, 0.717) is 0 Å². The summed E-state index contributed by atoms with van der Waals surface area (Å²) in [5, 5.41) is 39.5. The first kappa shape index (κ1) is 24.3. The quantitative estimate of drug-likeness (QED) is 0.389. The lowest BCUT2D eigenvalue weighted by Crippen LogP contribution is -2.03. The van der Waals surface area contributed by atoms with Crippen LogP contribution in [0, 0.1) is 22.7 Å². The number of allylic oxidation sites excluding steroid dienone is 2. The van der Waals surface area contributed by atoms with Crippen LogP contribution in [0.5, 0.6) is 11.5 Å². The summed E-state index contributed by atoms with van der Waals surface area (Å²) in [4.78, 5) is -1.62. The van der Waals surface area contributed by atoms with E-state index < -0.39 is 41.0 Å². The van der Waals surface area contributed by atoms with Crippen molar-refractivity contribution in [3.05, 3.63) is 93.7 Å². The van der Waals surface area contributed by atoms with Gasteiger partial charge >= 0.3 is 0 Å². The van der Waals surface area contributed by atoms with E-state index >= 15 is 0 Å². The third-order valence-electron chi connectivity index (χ3n) is 4.66. The molecule has 170 valence electrons. The number of sulfone groups is 2. The molecule has 0 aliphatic rings. The maximum absolute atomic E-state index is 12.7. The molecule has 0 heterocycles. The van der Waals surface area contributed by atoms with Crippen molar-refractivity contribution in [3.8, 4) is 23.6 Å². The Kier molecular flexibility index (Phi) is 6.87. The van der Waals surface area contributed by atoms with E-state index in [2.05, 4.69) is 0 Å². The van der Waals surface area contributed by atoms with Crippen LogP contribution in [-0.2, 0) is 19.7 Å². The van der Waals surface area contributed by atoms with Crippen LogP contribution in [0.3, 0.4) is 0 Å². The number of hydrogen-bond acceptors (Lipinski definition) is 8. The molecule has 3 aromatic rings. The Labute approximate surface area is 196 Å². The molecule has 0 amide bonds. The summed E-state index contributed by atoms with van der Waals surface area (Å²) in [6.45, 7) is 0. The minimum atomic E-state index is -4.19. The van der Waals surface area contributed by atoms with Gasteiger partial charge in [0.15, 0.2) is 0 Å². The van der Waals surface area contributed by atoms with Gasteiger partial charge in [-0.25, -0.2) is 16.8 Å². The first-order chi connectivity index (χ1) is 16.1. The number of benzene rings is 3. The SMILES string of the molecule is N#CC(=Cc1cc(O)c(C=C(C#N)S(=O)(=O)c2ccccc2)cc1O)S(=O)(=O)c1ccccc1. The highest BCUT2D eigenvalue weighted by Crippen LogP contribution is 2.33. The van der Waals surface area contributed by atoms with Crippen LogP contribution < -0.4 is 0 Å². The molecule has 3 rings (SSSR count). The molecule has 0 saturated heterocycles. The lowest BCUT2D eigenvalue weighted by atomic mass is 10.1. The number of phenols is 2. The summed E-state index contributed by atoms with van der Waals surface area (Å²) in [7, 11) is -8.38. The molecule has 0 aliphatic heterocycles. The van der Waals surface area contributed by atoms with E-state index in [4.69, 9.17) is 0 Å². The first-order valence-corrected chi connectivity index (χ1v) is 12.5. The van der Waals surface area contributed by atoms with E-state index in [1.165, 1.54) is 48.5 Å². The zero-order valence-electron chi connectivity index (χ0n) is 17.3. The largest absolute Gasteiger partial charge is 0.507 e. The van der Waals surface area contributed by atoms with Crippen molar-refractivity contribution >= 4 is 31.8 Å². The molecule has 0 spiro atoms. The van der Waals surface area contributed by atoms with Crippen molar-refractivity contribution in [1.29, 1.82) is 10.5 Å². The van der Waals surface area contributed by atoms with Gasteiger partial charge in [0, 0.05) is 11.1 Å². The van der Waals surface area contributed by atoms with Gasteiger partial charge in [-0.2, -0.15) is 10.5 Å². The topological polar surface area (TPSA) is 156 Å².